The van der Waals surface area contributed by atoms with Crippen LogP contribution in [0.2, 0.25) is 0 Å². The molecule has 134 valence electrons. The normalized spacial score (nSPS) is 10.2. The zero-order valence-corrected chi connectivity index (χ0v) is 14.2. The number of aromatic hydroxyl groups is 1. The SMILES string of the molecule is N=C(N)c1ccc(OC(=O)c2ccc(O)cc2)c(C(=O)c2ccccc2)c1. The number of phenolic OH excluding ortho intramolecular Hbond substituents is 1. The molecule has 0 radical (unpaired) electrons. The van der Waals surface area contributed by atoms with Crippen LogP contribution in [-0.2, 0) is 0 Å². The number of benzene rings is 3. The zero-order valence-electron chi connectivity index (χ0n) is 14.2. The second-order valence-corrected chi connectivity index (χ2v) is 5.76. The number of nitrogens with two attached hydrogens (primary N) is 1. The van der Waals surface area contributed by atoms with Crippen molar-refractivity contribution >= 4 is 17.6 Å². The van der Waals surface area contributed by atoms with E-state index in [2.05, 4.69) is 0 Å². The van der Waals surface area contributed by atoms with Crippen LogP contribution in [0.3, 0.4) is 0 Å². The van der Waals surface area contributed by atoms with Crippen molar-refractivity contribution in [1.82, 2.24) is 0 Å². The average molecular weight is 360 g/mol. The maximum atomic E-state index is 12.9. The van der Waals surface area contributed by atoms with E-state index in [1.807, 2.05) is 0 Å². The molecule has 0 saturated carbocycles. The lowest BCUT2D eigenvalue weighted by atomic mass is 10.00. The number of hydrogen-bond acceptors (Lipinski definition) is 5. The minimum atomic E-state index is -0.673. The molecule has 0 spiro atoms. The first-order valence-corrected chi connectivity index (χ1v) is 8.05. The van der Waals surface area contributed by atoms with Crippen molar-refractivity contribution in [1.29, 1.82) is 5.41 Å². The van der Waals surface area contributed by atoms with Crippen molar-refractivity contribution in [3.05, 3.63) is 95.1 Å². The molecule has 3 aromatic carbocycles. The lowest BCUT2D eigenvalue weighted by molar-refractivity contribution is 0.0733. The molecular formula is C21H16N2O4. The summed E-state index contributed by atoms with van der Waals surface area (Å²) in [5, 5.41) is 16.9. The number of esters is 1. The molecule has 0 aliphatic carbocycles. The molecule has 0 aromatic heterocycles. The molecule has 3 rings (SSSR count). The van der Waals surface area contributed by atoms with Gasteiger partial charge in [-0.3, -0.25) is 10.2 Å². The Hall–Kier alpha value is -3.93. The van der Waals surface area contributed by atoms with Crippen molar-refractivity contribution in [3.8, 4) is 11.5 Å². The predicted molar refractivity (Wildman–Crippen MR) is 100 cm³/mol. The van der Waals surface area contributed by atoms with Crippen molar-refractivity contribution in [2.24, 2.45) is 5.73 Å². The molecule has 0 bridgehead atoms. The van der Waals surface area contributed by atoms with Crippen LogP contribution in [0.5, 0.6) is 11.5 Å². The number of nitrogen functional groups attached to an aromatic ring is 1. The van der Waals surface area contributed by atoms with Crippen LogP contribution in [0, 0.1) is 5.41 Å². The smallest absolute Gasteiger partial charge is 0.343 e. The number of nitrogens with one attached hydrogen (secondary N) is 1. The number of ether oxygens (including phenoxy) is 1. The molecule has 4 N–H and O–H groups in total. The van der Waals surface area contributed by atoms with Gasteiger partial charge < -0.3 is 15.6 Å². The Morgan fingerprint density at radius 2 is 1.48 bits per heavy atom. The van der Waals surface area contributed by atoms with Gasteiger partial charge in [0.2, 0.25) is 0 Å². The van der Waals surface area contributed by atoms with E-state index in [9.17, 15) is 14.7 Å². The molecule has 3 aromatic rings. The summed E-state index contributed by atoms with van der Waals surface area (Å²) >= 11 is 0. The van der Waals surface area contributed by atoms with Gasteiger partial charge in [-0.1, -0.05) is 30.3 Å². The lowest BCUT2D eigenvalue weighted by Crippen LogP contribution is -2.15. The van der Waals surface area contributed by atoms with Crippen molar-refractivity contribution in [2.45, 2.75) is 0 Å². The molecule has 0 amide bonds. The Bertz CT molecular complexity index is 1010. The number of carbonyl (C=O) groups is 2. The van der Waals surface area contributed by atoms with Crippen LogP contribution in [-0.4, -0.2) is 22.7 Å². The molecule has 0 fully saturated rings. The van der Waals surface area contributed by atoms with Crippen molar-refractivity contribution in [3.63, 3.8) is 0 Å². The fraction of sp³-hybridized carbons (Fsp3) is 0. The van der Waals surface area contributed by atoms with Crippen LogP contribution < -0.4 is 10.5 Å². The Morgan fingerprint density at radius 1 is 0.852 bits per heavy atom. The van der Waals surface area contributed by atoms with E-state index in [0.29, 0.717) is 11.1 Å². The second-order valence-electron chi connectivity index (χ2n) is 5.76. The maximum absolute atomic E-state index is 12.9. The summed E-state index contributed by atoms with van der Waals surface area (Å²) in [5.41, 5.74) is 6.63. The van der Waals surface area contributed by atoms with Crippen LogP contribution in [0.1, 0.15) is 31.8 Å². The van der Waals surface area contributed by atoms with Crippen molar-refractivity contribution < 1.29 is 19.4 Å². The third kappa shape index (κ3) is 4.01. The molecule has 0 atom stereocenters. The largest absolute Gasteiger partial charge is 0.508 e. The number of hydrogen-bond donors (Lipinski definition) is 3. The van der Waals surface area contributed by atoms with E-state index in [4.69, 9.17) is 15.9 Å². The van der Waals surface area contributed by atoms with E-state index in [0.717, 1.165) is 0 Å². The quantitative estimate of drug-likeness (QED) is 0.213. The molecule has 0 unspecified atom stereocenters. The highest BCUT2D eigenvalue weighted by Gasteiger charge is 2.19. The van der Waals surface area contributed by atoms with Gasteiger partial charge in [-0.05, 0) is 42.5 Å². The van der Waals surface area contributed by atoms with Gasteiger partial charge in [0.1, 0.15) is 17.3 Å². The van der Waals surface area contributed by atoms with Gasteiger partial charge >= 0.3 is 5.97 Å². The standard InChI is InChI=1S/C21H16N2O4/c22-20(23)15-8-11-18(27-21(26)14-6-9-16(24)10-7-14)17(12-15)19(25)13-4-2-1-3-5-13/h1-12,24H,(H3,22,23). The first kappa shape index (κ1) is 17.9. The summed E-state index contributed by atoms with van der Waals surface area (Å²) in [6, 6.07) is 18.5. The van der Waals surface area contributed by atoms with Gasteiger partial charge in [0.25, 0.3) is 0 Å². The molecule has 6 heteroatoms. The number of rotatable bonds is 5. The van der Waals surface area contributed by atoms with E-state index < -0.39 is 5.97 Å². The van der Waals surface area contributed by atoms with Crippen LogP contribution in [0.4, 0.5) is 0 Å². The molecule has 0 heterocycles. The Morgan fingerprint density at radius 3 is 2.11 bits per heavy atom. The second kappa shape index (κ2) is 7.53. The van der Waals surface area contributed by atoms with E-state index in [-0.39, 0.29) is 34.2 Å². The average Bonchev–Trinajstić information content (AvgIpc) is 2.68. The Balaban J connectivity index is 1.99. The lowest BCUT2D eigenvalue weighted by Gasteiger charge is -2.11. The number of amidine groups is 1. The maximum Gasteiger partial charge on any atom is 0.343 e. The highest BCUT2D eigenvalue weighted by Crippen LogP contribution is 2.25. The van der Waals surface area contributed by atoms with Gasteiger partial charge in [-0.25, -0.2) is 4.79 Å². The predicted octanol–water partition coefficient (Wildman–Crippen LogP) is 3.13. The summed E-state index contributed by atoms with van der Waals surface area (Å²) < 4.78 is 5.40. The first-order chi connectivity index (χ1) is 13.0. The molecule has 0 aliphatic rings. The van der Waals surface area contributed by atoms with Crippen LogP contribution >= 0.6 is 0 Å². The topological polar surface area (TPSA) is 113 Å². The fourth-order valence-electron chi connectivity index (χ4n) is 2.47. The monoisotopic (exact) mass is 360 g/mol. The summed E-state index contributed by atoms with van der Waals surface area (Å²) in [6.07, 6.45) is 0. The fourth-order valence-corrected chi connectivity index (χ4v) is 2.47. The van der Waals surface area contributed by atoms with Gasteiger partial charge in [0.15, 0.2) is 5.78 Å². The van der Waals surface area contributed by atoms with E-state index >= 15 is 0 Å². The number of ketones is 1. The number of phenols is 1. The highest BCUT2D eigenvalue weighted by atomic mass is 16.5. The molecule has 0 saturated heterocycles. The van der Waals surface area contributed by atoms with E-state index in [1.165, 1.54) is 42.5 Å². The summed E-state index contributed by atoms with van der Waals surface area (Å²) in [7, 11) is 0. The zero-order chi connectivity index (χ0) is 19.4. The first-order valence-electron chi connectivity index (χ1n) is 8.05. The molecular weight excluding hydrogens is 344 g/mol. The third-order valence-electron chi connectivity index (χ3n) is 3.88. The van der Waals surface area contributed by atoms with Gasteiger partial charge in [0, 0.05) is 11.1 Å². The number of carbonyl (C=O) groups excluding carboxylic acids is 2. The minimum Gasteiger partial charge on any atom is -0.508 e. The van der Waals surface area contributed by atoms with Crippen molar-refractivity contribution in [2.75, 3.05) is 0 Å². The van der Waals surface area contributed by atoms with Gasteiger partial charge in [0.05, 0.1) is 11.1 Å². The Labute approximate surface area is 155 Å². The summed E-state index contributed by atoms with van der Waals surface area (Å²) in [4.78, 5) is 25.2. The molecule has 27 heavy (non-hydrogen) atoms. The minimum absolute atomic E-state index is 0.0253. The molecule has 6 nitrogen and oxygen atoms in total. The van der Waals surface area contributed by atoms with E-state index in [1.54, 1.807) is 30.3 Å². The summed E-state index contributed by atoms with van der Waals surface area (Å²) in [6.45, 7) is 0. The Kier molecular flexibility index (Phi) is 4.99. The van der Waals surface area contributed by atoms with Crippen LogP contribution in [0.15, 0.2) is 72.8 Å². The highest BCUT2D eigenvalue weighted by molar-refractivity contribution is 6.12. The molecule has 0 aliphatic heterocycles. The third-order valence-corrected chi connectivity index (χ3v) is 3.88. The summed E-state index contributed by atoms with van der Waals surface area (Å²) in [5.74, 6) is -1.14. The van der Waals surface area contributed by atoms with Gasteiger partial charge in [-0.15, -0.1) is 0 Å². The van der Waals surface area contributed by atoms with Gasteiger partial charge in [-0.2, -0.15) is 0 Å². The van der Waals surface area contributed by atoms with Crippen LogP contribution in [0.25, 0.3) is 0 Å².